The second-order valence-corrected chi connectivity index (χ2v) is 9.03. The number of carbonyl (C=O) groups is 1. The van der Waals surface area contributed by atoms with Crippen LogP contribution < -0.4 is 5.32 Å². The number of aliphatic hydroxyl groups is 2. The number of alkyl carbamates (subject to hydrolysis) is 1. The van der Waals surface area contributed by atoms with E-state index in [0.717, 1.165) is 6.26 Å². The molecular formula is C13H25NO6S. The van der Waals surface area contributed by atoms with E-state index >= 15 is 0 Å². The van der Waals surface area contributed by atoms with Crippen LogP contribution in [0.2, 0.25) is 0 Å². The maximum atomic E-state index is 11.6. The summed E-state index contributed by atoms with van der Waals surface area (Å²) in [6, 6.07) is 0. The lowest BCUT2D eigenvalue weighted by atomic mass is 9.82. The quantitative estimate of drug-likeness (QED) is 0.684. The van der Waals surface area contributed by atoms with Crippen LogP contribution in [0.3, 0.4) is 0 Å². The monoisotopic (exact) mass is 323 g/mol. The highest BCUT2D eigenvalue weighted by Gasteiger charge is 2.44. The first-order valence-electron chi connectivity index (χ1n) is 6.90. The number of hydrogen-bond donors (Lipinski definition) is 3. The normalized spacial score (nSPS) is 30.8. The van der Waals surface area contributed by atoms with Crippen molar-refractivity contribution >= 4 is 15.9 Å². The predicted molar refractivity (Wildman–Crippen MR) is 77.7 cm³/mol. The van der Waals surface area contributed by atoms with E-state index in [1.165, 1.54) is 0 Å². The number of aliphatic hydroxyl groups excluding tert-OH is 1. The summed E-state index contributed by atoms with van der Waals surface area (Å²) < 4.78 is 28.0. The molecule has 0 aromatic carbocycles. The zero-order chi connectivity index (χ0) is 16.5. The highest BCUT2D eigenvalue weighted by atomic mass is 32.2. The van der Waals surface area contributed by atoms with Crippen molar-refractivity contribution in [1.82, 2.24) is 5.32 Å². The first-order valence-corrected chi connectivity index (χ1v) is 8.85. The molecule has 0 radical (unpaired) electrons. The van der Waals surface area contributed by atoms with Gasteiger partial charge in [0.2, 0.25) is 0 Å². The first kappa shape index (κ1) is 18.2. The van der Waals surface area contributed by atoms with Gasteiger partial charge in [-0.25, -0.2) is 13.2 Å². The molecular weight excluding hydrogens is 298 g/mol. The number of rotatable bonds is 3. The third-order valence-electron chi connectivity index (χ3n) is 3.55. The van der Waals surface area contributed by atoms with Gasteiger partial charge in [0.25, 0.3) is 0 Å². The van der Waals surface area contributed by atoms with E-state index in [9.17, 15) is 23.4 Å². The number of sulfone groups is 1. The Labute approximate surface area is 125 Å². The molecule has 8 heteroatoms. The summed E-state index contributed by atoms with van der Waals surface area (Å²) >= 11 is 0. The van der Waals surface area contributed by atoms with Crippen LogP contribution in [0.4, 0.5) is 4.79 Å². The van der Waals surface area contributed by atoms with E-state index in [2.05, 4.69) is 5.32 Å². The average molecular weight is 323 g/mol. The van der Waals surface area contributed by atoms with Crippen molar-refractivity contribution < 1.29 is 28.2 Å². The first-order chi connectivity index (χ1) is 9.33. The van der Waals surface area contributed by atoms with Crippen molar-refractivity contribution in [3.05, 3.63) is 0 Å². The maximum Gasteiger partial charge on any atom is 0.407 e. The highest BCUT2D eigenvalue weighted by molar-refractivity contribution is 7.91. The Kier molecular flexibility index (Phi) is 5.28. The number of carbonyl (C=O) groups excluding carboxylic acids is 1. The van der Waals surface area contributed by atoms with Crippen LogP contribution in [-0.2, 0) is 14.6 Å². The fraction of sp³-hybridized carbons (Fsp3) is 0.923. The molecule has 124 valence electrons. The molecule has 0 aromatic heterocycles. The summed E-state index contributed by atoms with van der Waals surface area (Å²) in [6.45, 7) is 4.97. The largest absolute Gasteiger partial charge is 0.444 e. The molecule has 0 aliphatic heterocycles. The van der Waals surface area contributed by atoms with Crippen LogP contribution in [0.15, 0.2) is 0 Å². The van der Waals surface area contributed by atoms with Gasteiger partial charge in [0.1, 0.15) is 21.0 Å². The van der Waals surface area contributed by atoms with Crippen LogP contribution in [0.5, 0.6) is 0 Å². The third kappa shape index (κ3) is 5.44. The van der Waals surface area contributed by atoms with Crippen LogP contribution in [0, 0.1) is 0 Å². The molecule has 0 bridgehead atoms. The van der Waals surface area contributed by atoms with Crippen molar-refractivity contribution in [3.8, 4) is 0 Å². The molecule has 0 spiro atoms. The third-order valence-corrected chi connectivity index (χ3v) is 5.19. The minimum Gasteiger partial charge on any atom is -0.444 e. The molecule has 0 saturated heterocycles. The molecule has 21 heavy (non-hydrogen) atoms. The molecule has 1 fully saturated rings. The summed E-state index contributed by atoms with van der Waals surface area (Å²) in [5.41, 5.74) is -2.18. The molecule has 1 saturated carbocycles. The smallest absolute Gasteiger partial charge is 0.407 e. The minimum atomic E-state index is -3.25. The molecule has 1 aliphatic rings. The Balaban J connectivity index is 2.58. The van der Waals surface area contributed by atoms with Crippen LogP contribution in [0.25, 0.3) is 0 Å². The van der Waals surface area contributed by atoms with E-state index in [1.54, 1.807) is 20.8 Å². The number of amides is 1. The summed E-state index contributed by atoms with van der Waals surface area (Å²) in [4.78, 5) is 11.6. The van der Waals surface area contributed by atoms with E-state index in [4.69, 9.17) is 4.74 Å². The molecule has 1 aliphatic carbocycles. The van der Waals surface area contributed by atoms with Gasteiger partial charge < -0.3 is 20.3 Å². The lowest BCUT2D eigenvalue weighted by molar-refractivity contribution is -0.0963. The minimum absolute atomic E-state index is 0.0364. The Morgan fingerprint density at radius 3 is 2.43 bits per heavy atom. The Morgan fingerprint density at radius 1 is 1.43 bits per heavy atom. The van der Waals surface area contributed by atoms with Crippen LogP contribution in [0.1, 0.15) is 40.0 Å². The van der Waals surface area contributed by atoms with E-state index in [-0.39, 0.29) is 25.8 Å². The topological polar surface area (TPSA) is 113 Å². The van der Waals surface area contributed by atoms with Gasteiger partial charge in [0, 0.05) is 6.26 Å². The highest BCUT2D eigenvalue weighted by Crippen LogP contribution is 2.31. The Hall–Kier alpha value is -0.860. The van der Waals surface area contributed by atoms with Crippen molar-refractivity contribution in [3.63, 3.8) is 0 Å². The van der Waals surface area contributed by atoms with Gasteiger partial charge in [-0.3, -0.25) is 0 Å². The van der Waals surface area contributed by atoms with Crippen molar-refractivity contribution in [2.45, 2.75) is 62.6 Å². The average Bonchev–Trinajstić information content (AvgIpc) is 2.27. The van der Waals surface area contributed by atoms with E-state index in [1.807, 2.05) is 0 Å². The lowest BCUT2D eigenvalue weighted by Gasteiger charge is -2.39. The molecule has 3 atom stereocenters. The summed E-state index contributed by atoms with van der Waals surface area (Å²) in [7, 11) is -3.25. The molecule has 1 rings (SSSR count). The van der Waals surface area contributed by atoms with Crippen LogP contribution in [-0.4, -0.2) is 60.1 Å². The molecule has 3 N–H and O–H groups in total. The Bertz CT molecular complexity index is 483. The van der Waals surface area contributed by atoms with Gasteiger partial charge in [-0.1, -0.05) is 0 Å². The second kappa shape index (κ2) is 6.10. The summed E-state index contributed by atoms with van der Waals surface area (Å²) in [6.07, 6.45) is -0.461. The zero-order valence-electron chi connectivity index (χ0n) is 12.9. The fourth-order valence-corrected chi connectivity index (χ4v) is 3.38. The summed E-state index contributed by atoms with van der Waals surface area (Å²) in [5.74, 6) is 0. The maximum absolute atomic E-state index is 11.6. The van der Waals surface area contributed by atoms with E-state index in [0.29, 0.717) is 0 Å². The molecule has 0 heterocycles. The van der Waals surface area contributed by atoms with Gasteiger partial charge in [-0.05, 0) is 40.0 Å². The summed E-state index contributed by atoms with van der Waals surface area (Å²) in [5, 5.41) is 22.1. The second-order valence-electron chi connectivity index (χ2n) is 6.70. The lowest BCUT2D eigenvalue weighted by Crippen LogP contribution is -2.56. The van der Waals surface area contributed by atoms with Crippen molar-refractivity contribution in [2.24, 2.45) is 0 Å². The molecule has 0 aromatic rings. The van der Waals surface area contributed by atoms with Gasteiger partial charge in [0.15, 0.2) is 0 Å². The standard InChI is InChI=1S/C13H25NO6S/c1-12(2,3)20-11(16)14-8-13(17)6-5-9(7-10(13)15)21(4,18)19/h9-10,15,17H,5-8H2,1-4H3,(H,14,16)/t9-,10+,13+/m0/s1. The number of ether oxygens (including phenoxy) is 1. The van der Waals surface area contributed by atoms with Crippen LogP contribution >= 0.6 is 0 Å². The Morgan fingerprint density at radius 2 is 2.00 bits per heavy atom. The predicted octanol–water partition coefficient (Wildman–Crippen LogP) is 0.200. The van der Waals surface area contributed by atoms with Gasteiger partial charge in [-0.2, -0.15) is 0 Å². The van der Waals surface area contributed by atoms with Crippen molar-refractivity contribution in [1.29, 1.82) is 0 Å². The molecule has 1 amide bonds. The molecule has 0 unspecified atom stereocenters. The number of nitrogens with one attached hydrogen (secondary N) is 1. The van der Waals surface area contributed by atoms with Gasteiger partial charge in [0.05, 0.1) is 17.9 Å². The fourth-order valence-electron chi connectivity index (χ4n) is 2.30. The van der Waals surface area contributed by atoms with Gasteiger partial charge >= 0.3 is 6.09 Å². The number of hydrogen-bond acceptors (Lipinski definition) is 6. The van der Waals surface area contributed by atoms with E-state index < -0.39 is 38.5 Å². The van der Waals surface area contributed by atoms with Gasteiger partial charge in [-0.15, -0.1) is 0 Å². The SMILES string of the molecule is CC(C)(C)OC(=O)NC[C@]1(O)CC[C@H](S(C)(=O)=O)C[C@H]1O. The zero-order valence-corrected chi connectivity index (χ0v) is 13.7. The molecule has 7 nitrogen and oxygen atoms in total. The van der Waals surface area contributed by atoms with Crippen molar-refractivity contribution in [2.75, 3.05) is 12.8 Å².